The molecule has 0 aliphatic carbocycles. The first-order chi connectivity index (χ1) is 7.48. The molecule has 0 unspecified atom stereocenters. The van der Waals surface area contributed by atoms with Crippen LogP contribution in [-0.2, 0) is 6.42 Å². The average molecular weight is 217 g/mol. The third-order valence-electron chi connectivity index (χ3n) is 3.09. The second kappa shape index (κ2) is 3.95. The number of aliphatic hydroxyl groups is 1. The lowest BCUT2D eigenvalue weighted by molar-refractivity contribution is 0.0639. The van der Waals surface area contributed by atoms with Crippen molar-refractivity contribution < 1.29 is 5.11 Å². The van der Waals surface area contributed by atoms with Crippen molar-refractivity contribution in [3.8, 4) is 0 Å². The van der Waals surface area contributed by atoms with Crippen LogP contribution in [0, 0.1) is 5.41 Å². The maximum Gasteiger partial charge on any atom is 0.0629 e. The number of aromatic amines is 1. The number of nitrogens with one attached hydrogen (secondary N) is 1. The van der Waals surface area contributed by atoms with E-state index in [9.17, 15) is 5.11 Å². The first kappa shape index (κ1) is 11.2. The lowest BCUT2D eigenvalue weighted by Gasteiger charge is -2.25. The molecule has 1 atom stereocenters. The minimum absolute atomic E-state index is 0.0711. The number of aromatic nitrogens is 1. The van der Waals surface area contributed by atoms with Crippen LogP contribution in [-0.4, -0.2) is 16.2 Å². The highest BCUT2D eigenvalue weighted by molar-refractivity contribution is 5.83. The van der Waals surface area contributed by atoms with Gasteiger partial charge in [-0.15, -0.1) is 0 Å². The van der Waals surface area contributed by atoms with E-state index in [1.807, 2.05) is 18.3 Å². The zero-order chi connectivity index (χ0) is 11.8. The van der Waals surface area contributed by atoms with Crippen LogP contribution < -0.4 is 0 Å². The van der Waals surface area contributed by atoms with Gasteiger partial charge in [-0.2, -0.15) is 0 Å². The summed E-state index contributed by atoms with van der Waals surface area (Å²) in [6.07, 6.45) is 2.39. The van der Waals surface area contributed by atoms with E-state index in [2.05, 4.69) is 37.9 Å². The number of hydrogen-bond donors (Lipinski definition) is 2. The van der Waals surface area contributed by atoms with Crippen molar-refractivity contribution in [2.24, 2.45) is 5.41 Å². The molecular weight excluding hydrogens is 198 g/mol. The van der Waals surface area contributed by atoms with Crippen molar-refractivity contribution in [1.82, 2.24) is 4.98 Å². The molecule has 2 heteroatoms. The van der Waals surface area contributed by atoms with Crippen LogP contribution >= 0.6 is 0 Å². The smallest absolute Gasteiger partial charge is 0.0629 e. The molecule has 0 amide bonds. The number of H-pyrrole nitrogens is 1. The Morgan fingerprint density at radius 1 is 1.25 bits per heavy atom. The van der Waals surface area contributed by atoms with E-state index >= 15 is 0 Å². The molecule has 1 heterocycles. The van der Waals surface area contributed by atoms with Crippen LogP contribution in [0.4, 0.5) is 0 Å². The normalized spacial score (nSPS) is 14.2. The molecule has 2 N–H and O–H groups in total. The van der Waals surface area contributed by atoms with Gasteiger partial charge in [0.1, 0.15) is 0 Å². The van der Waals surface area contributed by atoms with E-state index in [1.165, 1.54) is 10.9 Å². The molecule has 16 heavy (non-hydrogen) atoms. The highest BCUT2D eigenvalue weighted by Gasteiger charge is 2.23. The summed E-state index contributed by atoms with van der Waals surface area (Å²) in [6, 6.07) is 8.20. The Balaban J connectivity index is 2.28. The van der Waals surface area contributed by atoms with Gasteiger partial charge in [0.2, 0.25) is 0 Å². The summed E-state index contributed by atoms with van der Waals surface area (Å²) in [5.41, 5.74) is 2.26. The zero-order valence-electron chi connectivity index (χ0n) is 10.1. The van der Waals surface area contributed by atoms with Gasteiger partial charge in [-0.05, 0) is 17.0 Å². The van der Waals surface area contributed by atoms with Gasteiger partial charge in [0.05, 0.1) is 6.10 Å². The largest absolute Gasteiger partial charge is 0.392 e. The molecule has 0 aliphatic heterocycles. The fourth-order valence-electron chi connectivity index (χ4n) is 1.81. The second-order valence-electron chi connectivity index (χ2n) is 5.45. The van der Waals surface area contributed by atoms with E-state index in [4.69, 9.17) is 0 Å². The molecule has 0 fully saturated rings. The predicted molar refractivity (Wildman–Crippen MR) is 67.5 cm³/mol. The number of para-hydroxylation sites is 1. The van der Waals surface area contributed by atoms with E-state index < -0.39 is 0 Å². The Morgan fingerprint density at radius 2 is 1.94 bits per heavy atom. The summed E-state index contributed by atoms with van der Waals surface area (Å²) in [5.74, 6) is 0. The summed E-state index contributed by atoms with van der Waals surface area (Å²) < 4.78 is 0. The molecule has 86 valence electrons. The first-order valence-electron chi connectivity index (χ1n) is 5.71. The molecule has 0 bridgehead atoms. The van der Waals surface area contributed by atoms with Crippen molar-refractivity contribution in [2.45, 2.75) is 33.3 Å². The molecule has 2 nitrogen and oxygen atoms in total. The van der Waals surface area contributed by atoms with Gasteiger partial charge in [-0.3, -0.25) is 0 Å². The lowest BCUT2D eigenvalue weighted by atomic mass is 9.85. The van der Waals surface area contributed by atoms with Gasteiger partial charge in [0.25, 0.3) is 0 Å². The topological polar surface area (TPSA) is 36.0 Å². The minimum Gasteiger partial charge on any atom is -0.392 e. The van der Waals surface area contributed by atoms with Crippen molar-refractivity contribution in [3.05, 3.63) is 36.0 Å². The fourth-order valence-corrected chi connectivity index (χ4v) is 1.81. The van der Waals surface area contributed by atoms with Crippen LogP contribution in [0.3, 0.4) is 0 Å². The quantitative estimate of drug-likeness (QED) is 0.796. The SMILES string of the molecule is CC(C)(C)[C@@H](O)Cc1c[nH]c2ccccc12. The highest BCUT2D eigenvalue weighted by atomic mass is 16.3. The number of fused-ring (bicyclic) bond motifs is 1. The Kier molecular flexibility index (Phi) is 2.76. The number of aliphatic hydroxyl groups excluding tert-OH is 1. The Bertz CT molecular complexity index is 479. The van der Waals surface area contributed by atoms with Crippen LogP contribution in [0.2, 0.25) is 0 Å². The van der Waals surface area contributed by atoms with Gasteiger partial charge >= 0.3 is 0 Å². The van der Waals surface area contributed by atoms with Crippen molar-refractivity contribution in [3.63, 3.8) is 0 Å². The Labute approximate surface area is 96.3 Å². The fraction of sp³-hybridized carbons (Fsp3) is 0.429. The van der Waals surface area contributed by atoms with Crippen molar-refractivity contribution in [1.29, 1.82) is 0 Å². The maximum atomic E-state index is 10.1. The van der Waals surface area contributed by atoms with E-state index in [1.54, 1.807) is 0 Å². The standard InChI is InChI=1S/C14H19NO/c1-14(2,3)13(16)8-10-9-15-12-7-5-4-6-11(10)12/h4-7,9,13,15-16H,8H2,1-3H3/t13-/m0/s1. The van der Waals surface area contributed by atoms with Crippen LogP contribution in [0.25, 0.3) is 10.9 Å². The summed E-state index contributed by atoms with van der Waals surface area (Å²) in [7, 11) is 0. The van der Waals surface area contributed by atoms with Gasteiger partial charge in [-0.1, -0.05) is 39.0 Å². The zero-order valence-corrected chi connectivity index (χ0v) is 10.1. The second-order valence-corrected chi connectivity index (χ2v) is 5.45. The summed E-state index contributed by atoms with van der Waals surface area (Å²) in [4.78, 5) is 3.23. The van der Waals surface area contributed by atoms with E-state index in [0.29, 0.717) is 6.42 Å². The third kappa shape index (κ3) is 2.12. The Morgan fingerprint density at radius 3 is 2.62 bits per heavy atom. The Hall–Kier alpha value is -1.28. The highest BCUT2D eigenvalue weighted by Crippen LogP contribution is 2.25. The van der Waals surface area contributed by atoms with Crippen LogP contribution in [0.15, 0.2) is 30.5 Å². The van der Waals surface area contributed by atoms with Crippen molar-refractivity contribution in [2.75, 3.05) is 0 Å². The van der Waals surface area contributed by atoms with Crippen molar-refractivity contribution >= 4 is 10.9 Å². The number of rotatable bonds is 2. The molecule has 0 saturated heterocycles. The first-order valence-corrected chi connectivity index (χ1v) is 5.71. The molecule has 2 aromatic rings. The van der Waals surface area contributed by atoms with Gasteiger partial charge in [0, 0.05) is 23.5 Å². The van der Waals surface area contributed by atoms with Gasteiger partial charge in [0.15, 0.2) is 0 Å². The average Bonchev–Trinajstić information content (AvgIpc) is 2.61. The van der Waals surface area contributed by atoms with Gasteiger partial charge < -0.3 is 10.1 Å². The minimum atomic E-state index is -0.313. The monoisotopic (exact) mass is 217 g/mol. The maximum absolute atomic E-state index is 10.1. The number of hydrogen-bond acceptors (Lipinski definition) is 1. The summed E-state index contributed by atoms with van der Waals surface area (Å²) >= 11 is 0. The van der Waals surface area contributed by atoms with E-state index in [-0.39, 0.29) is 11.5 Å². The molecule has 0 spiro atoms. The summed E-state index contributed by atoms with van der Waals surface area (Å²) in [6.45, 7) is 6.19. The number of benzene rings is 1. The molecule has 2 rings (SSSR count). The summed E-state index contributed by atoms with van der Waals surface area (Å²) in [5, 5.41) is 11.3. The predicted octanol–water partition coefficient (Wildman–Crippen LogP) is 3.12. The molecule has 0 saturated carbocycles. The van der Waals surface area contributed by atoms with E-state index in [0.717, 1.165) is 5.52 Å². The van der Waals surface area contributed by atoms with Gasteiger partial charge in [-0.25, -0.2) is 0 Å². The third-order valence-corrected chi connectivity index (χ3v) is 3.09. The lowest BCUT2D eigenvalue weighted by Crippen LogP contribution is -2.27. The molecular formula is C14H19NO. The van der Waals surface area contributed by atoms with Crippen LogP contribution in [0.5, 0.6) is 0 Å². The molecule has 0 radical (unpaired) electrons. The molecule has 1 aromatic carbocycles. The molecule has 1 aromatic heterocycles. The van der Waals surface area contributed by atoms with Crippen LogP contribution in [0.1, 0.15) is 26.3 Å². The molecule has 0 aliphatic rings.